The molecule has 2 heterocycles. The number of benzene rings is 1. The molecule has 22 heavy (non-hydrogen) atoms. The second-order valence-corrected chi connectivity index (χ2v) is 6.64. The molecule has 0 amide bonds. The molecule has 0 aliphatic carbocycles. The van der Waals surface area contributed by atoms with Crippen LogP contribution in [0.4, 0.5) is 0 Å². The van der Waals surface area contributed by atoms with E-state index in [0.29, 0.717) is 23.8 Å². The van der Waals surface area contributed by atoms with Crippen LogP contribution < -0.4 is 5.46 Å². The molecule has 0 saturated carbocycles. The summed E-state index contributed by atoms with van der Waals surface area (Å²) in [5, 5.41) is 1.28. The zero-order chi connectivity index (χ0) is 15.9. The number of aromatic nitrogens is 1. The number of carbonyl (C=O) groups is 1. The lowest BCUT2D eigenvalue weighted by Crippen LogP contribution is -2.47. The van der Waals surface area contributed by atoms with Crippen molar-refractivity contribution in [3.63, 3.8) is 0 Å². The normalized spacial score (nSPS) is 17.7. The van der Waals surface area contributed by atoms with Crippen molar-refractivity contribution < 1.29 is 18.8 Å². The number of ether oxygens (including phenoxy) is 1. The smallest absolute Gasteiger partial charge is 0.465 e. The second-order valence-electron chi connectivity index (χ2n) is 6.23. The third kappa shape index (κ3) is 2.74. The van der Waals surface area contributed by atoms with E-state index in [9.17, 15) is 4.79 Å². The van der Waals surface area contributed by atoms with Crippen molar-refractivity contribution in [2.75, 3.05) is 20.3 Å². The highest BCUT2D eigenvalue weighted by Crippen LogP contribution is 2.25. The van der Waals surface area contributed by atoms with Gasteiger partial charge >= 0.3 is 13.1 Å². The van der Waals surface area contributed by atoms with Crippen LogP contribution in [0.25, 0.3) is 10.9 Å². The summed E-state index contributed by atoms with van der Waals surface area (Å²) in [6.45, 7) is 5.33. The number of fused-ring (bicyclic) bond motifs is 1. The van der Waals surface area contributed by atoms with Crippen LogP contribution in [-0.2, 0) is 14.0 Å². The summed E-state index contributed by atoms with van der Waals surface area (Å²) in [5.74, 6) is -0.397. The largest absolute Gasteiger partial charge is 0.495 e. The third-order valence-corrected chi connectivity index (χ3v) is 4.04. The molecule has 5 nitrogen and oxygen atoms in total. The van der Waals surface area contributed by atoms with E-state index in [1.54, 1.807) is 12.3 Å². The van der Waals surface area contributed by atoms with E-state index >= 15 is 0 Å². The lowest BCUT2D eigenvalue weighted by atomic mass is 9.75. The van der Waals surface area contributed by atoms with E-state index in [4.69, 9.17) is 25.6 Å². The van der Waals surface area contributed by atoms with E-state index in [1.165, 1.54) is 7.11 Å². The van der Waals surface area contributed by atoms with E-state index in [-0.39, 0.29) is 5.41 Å². The van der Waals surface area contributed by atoms with Gasteiger partial charge in [0.1, 0.15) is 0 Å². The Balaban J connectivity index is 1.99. The van der Waals surface area contributed by atoms with Crippen molar-refractivity contribution in [3.8, 4) is 0 Å². The summed E-state index contributed by atoms with van der Waals surface area (Å²) in [6, 6.07) is 3.59. The minimum Gasteiger partial charge on any atom is -0.465 e. The van der Waals surface area contributed by atoms with Gasteiger partial charge in [0, 0.05) is 46.2 Å². The fraction of sp³-hybridized carbons (Fsp3) is 0.400. The van der Waals surface area contributed by atoms with E-state index in [2.05, 4.69) is 18.8 Å². The van der Waals surface area contributed by atoms with Crippen LogP contribution in [0.3, 0.4) is 0 Å². The number of hydrogen-bond acceptors (Lipinski definition) is 4. The SMILES string of the molecule is COC(=O)c1c[nH]c2cc(Cl)c(B3OCC(C)(C)CO3)cc12. The zero-order valence-corrected chi connectivity index (χ0v) is 13.5. The van der Waals surface area contributed by atoms with Gasteiger partial charge in [-0.05, 0) is 6.07 Å². The molecule has 1 N–H and O–H groups in total. The number of esters is 1. The number of H-pyrrole nitrogens is 1. The highest BCUT2D eigenvalue weighted by atomic mass is 35.5. The van der Waals surface area contributed by atoms with E-state index in [0.717, 1.165) is 16.4 Å². The van der Waals surface area contributed by atoms with Crippen LogP contribution >= 0.6 is 11.6 Å². The monoisotopic (exact) mass is 321 g/mol. The number of carbonyl (C=O) groups excluding carboxylic acids is 1. The fourth-order valence-electron chi connectivity index (χ4n) is 2.49. The maximum absolute atomic E-state index is 11.8. The summed E-state index contributed by atoms with van der Waals surface area (Å²) in [7, 11) is 0.832. The predicted molar refractivity (Wildman–Crippen MR) is 85.7 cm³/mol. The van der Waals surface area contributed by atoms with Gasteiger partial charge in [0.25, 0.3) is 0 Å². The van der Waals surface area contributed by atoms with Gasteiger partial charge in [0.05, 0.1) is 12.7 Å². The molecular weight excluding hydrogens is 304 g/mol. The van der Waals surface area contributed by atoms with Gasteiger partial charge in [0.15, 0.2) is 0 Å². The molecule has 1 fully saturated rings. The molecule has 1 aromatic heterocycles. The molecule has 0 unspecified atom stereocenters. The lowest BCUT2D eigenvalue weighted by Gasteiger charge is -2.33. The summed E-state index contributed by atoms with van der Waals surface area (Å²) in [6.07, 6.45) is 1.61. The van der Waals surface area contributed by atoms with Gasteiger partial charge < -0.3 is 19.0 Å². The van der Waals surface area contributed by atoms with E-state index in [1.807, 2.05) is 6.07 Å². The Morgan fingerprint density at radius 1 is 1.36 bits per heavy atom. The van der Waals surface area contributed by atoms with Crippen molar-refractivity contribution in [1.82, 2.24) is 4.98 Å². The first-order chi connectivity index (χ1) is 10.4. The summed E-state index contributed by atoms with van der Waals surface area (Å²) in [5.41, 5.74) is 1.93. The maximum atomic E-state index is 11.8. The van der Waals surface area contributed by atoms with Crippen molar-refractivity contribution >= 4 is 41.1 Å². The quantitative estimate of drug-likeness (QED) is 0.681. The van der Waals surface area contributed by atoms with E-state index < -0.39 is 13.1 Å². The zero-order valence-electron chi connectivity index (χ0n) is 12.7. The number of methoxy groups -OCH3 is 1. The van der Waals surface area contributed by atoms with Crippen LogP contribution in [-0.4, -0.2) is 38.4 Å². The van der Waals surface area contributed by atoms with Gasteiger partial charge in [-0.15, -0.1) is 0 Å². The highest BCUT2D eigenvalue weighted by molar-refractivity contribution is 6.65. The Morgan fingerprint density at radius 2 is 2.05 bits per heavy atom. The Bertz CT molecular complexity index is 718. The molecule has 7 heteroatoms. The van der Waals surface area contributed by atoms with Crippen molar-refractivity contribution in [1.29, 1.82) is 0 Å². The Hall–Kier alpha value is -1.50. The molecule has 0 radical (unpaired) electrons. The van der Waals surface area contributed by atoms with Gasteiger partial charge in [-0.2, -0.15) is 0 Å². The number of rotatable bonds is 2. The standard InChI is InChI=1S/C15H17BClNO4/c1-15(2)7-21-16(22-8-15)11-4-9-10(14(19)20-3)6-18-13(9)5-12(11)17/h4-6,18H,7-8H2,1-3H3. The Morgan fingerprint density at radius 3 is 2.68 bits per heavy atom. The second kappa shape index (κ2) is 5.61. The first-order valence-electron chi connectivity index (χ1n) is 7.03. The lowest BCUT2D eigenvalue weighted by molar-refractivity contribution is 0.0343. The summed E-state index contributed by atoms with van der Waals surface area (Å²) >= 11 is 6.33. The molecule has 116 valence electrons. The van der Waals surface area contributed by atoms with Crippen molar-refractivity contribution in [2.24, 2.45) is 5.41 Å². The summed E-state index contributed by atoms with van der Waals surface area (Å²) in [4.78, 5) is 14.8. The van der Waals surface area contributed by atoms with Crippen LogP contribution in [0, 0.1) is 5.41 Å². The number of hydrogen-bond donors (Lipinski definition) is 1. The third-order valence-electron chi connectivity index (χ3n) is 3.71. The topological polar surface area (TPSA) is 60.6 Å². The summed E-state index contributed by atoms with van der Waals surface area (Å²) < 4.78 is 16.3. The Kier molecular flexibility index (Phi) is 3.93. The molecule has 1 aliphatic rings. The molecule has 1 saturated heterocycles. The molecule has 0 spiro atoms. The molecule has 1 aromatic carbocycles. The molecule has 0 atom stereocenters. The van der Waals surface area contributed by atoms with Gasteiger partial charge in [-0.1, -0.05) is 31.5 Å². The van der Waals surface area contributed by atoms with Crippen molar-refractivity contribution in [2.45, 2.75) is 13.8 Å². The minimum absolute atomic E-state index is 0.0155. The van der Waals surface area contributed by atoms with Gasteiger partial charge in [-0.25, -0.2) is 4.79 Å². The minimum atomic E-state index is -0.523. The number of aromatic amines is 1. The average molecular weight is 322 g/mol. The Labute approximate surface area is 134 Å². The maximum Gasteiger partial charge on any atom is 0.495 e. The van der Waals surface area contributed by atoms with Gasteiger partial charge in [0.2, 0.25) is 0 Å². The molecule has 1 aliphatic heterocycles. The van der Waals surface area contributed by atoms with Crippen LogP contribution in [0.5, 0.6) is 0 Å². The first kappa shape index (κ1) is 15.4. The predicted octanol–water partition coefficient (Wildman–Crippen LogP) is 2.38. The van der Waals surface area contributed by atoms with Crippen molar-refractivity contribution in [3.05, 3.63) is 28.9 Å². The van der Waals surface area contributed by atoms with Crippen LogP contribution in [0.1, 0.15) is 24.2 Å². The fourth-order valence-corrected chi connectivity index (χ4v) is 2.74. The van der Waals surface area contributed by atoms with Gasteiger partial charge in [-0.3, -0.25) is 0 Å². The van der Waals surface area contributed by atoms with Crippen LogP contribution in [0.2, 0.25) is 5.02 Å². The number of nitrogens with one attached hydrogen (secondary N) is 1. The molecule has 3 rings (SSSR count). The highest BCUT2D eigenvalue weighted by Gasteiger charge is 2.35. The van der Waals surface area contributed by atoms with Crippen LogP contribution in [0.15, 0.2) is 18.3 Å². The average Bonchev–Trinajstić information content (AvgIpc) is 2.88. The first-order valence-corrected chi connectivity index (χ1v) is 7.41. The molecule has 0 bridgehead atoms. The molecular formula is C15H17BClNO4. The molecule has 2 aromatic rings. The number of halogens is 1.